The van der Waals surface area contributed by atoms with Gasteiger partial charge in [-0.25, -0.2) is 23.2 Å². The summed E-state index contributed by atoms with van der Waals surface area (Å²) < 4.78 is 33.4. The Bertz CT molecular complexity index is 1620. The first kappa shape index (κ1) is 21.4. The molecule has 0 unspecified atom stereocenters. The molecule has 5 rings (SSSR count). The van der Waals surface area contributed by atoms with Gasteiger partial charge in [0.05, 0.1) is 11.2 Å². The van der Waals surface area contributed by atoms with E-state index in [4.69, 9.17) is 11.5 Å². The molecular weight excluding hydrogens is 442 g/mol. The van der Waals surface area contributed by atoms with Crippen LogP contribution in [-0.2, 0) is 13.6 Å². The van der Waals surface area contributed by atoms with E-state index in [0.717, 1.165) is 11.0 Å². The van der Waals surface area contributed by atoms with Crippen LogP contribution in [0.1, 0.15) is 6.42 Å². The maximum absolute atomic E-state index is 14.2. The standard InChI is InChI=1S/C23H22F2N8O/c1-31-11-17(15-9-13(24)3-5-18(15)31)21-29-30-23(34)33(21)20-12-32(8-2-7-28-22(26)27)19-6-4-14(25)10-16(19)20/h3-6,9-12H,2,7-8H2,1H3,(H,30,34)(H4,26,27,28). The molecule has 9 nitrogen and oxygen atoms in total. The molecule has 11 heteroatoms. The largest absolute Gasteiger partial charge is 0.370 e. The van der Waals surface area contributed by atoms with Crippen LogP contribution in [0, 0.1) is 11.6 Å². The van der Waals surface area contributed by atoms with Crippen molar-refractivity contribution in [3.63, 3.8) is 0 Å². The number of guanidine groups is 1. The normalized spacial score (nSPS) is 11.5. The molecule has 2 aromatic carbocycles. The summed E-state index contributed by atoms with van der Waals surface area (Å²) in [6, 6.07) is 8.85. The topological polar surface area (TPSA) is 125 Å². The maximum atomic E-state index is 14.2. The van der Waals surface area contributed by atoms with Crippen molar-refractivity contribution in [3.05, 3.63) is 70.9 Å². The summed E-state index contributed by atoms with van der Waals surface area (Å²) in [6.45, 7) is 0.970. The van der Waals surface area contributed by atoms with Gasteiger partial charge in [-0.2, -0.15) is 5.10 Å². The number of halogens is 2. The van der Waals surface area contributed by atoms with Crippen LogP contribution in [0.5, 0.6) is 0 Å². The second-order valence-corrected chi connectivity index (χ2v) is 8.03. The highest BCUT2D eigenvalue weighted by Gasteiger charge is 2.21. The highest BCUT2D eigenvalue weighted by atomic mass is 19.1. The van der Waals surface area contributed by atoms with Gasteiger partial charge in [-0.1, -0.05) is 0 Å². The van der Waals surface area contributed by atoms with Crippen LogP contribution in [0.15, 0.2) is 58.6 Å². The van der Waals surface area contributed by atoms with Gasteiger partial charge in [-0.3, -0.25) is 4.99 Å². The summed E-state index contributed by atoms with van der Waals surface area (Å²) >= 11 is 0. The molecule has 0 saturated carbocycles. The molecule has 3 aromatic heterocycles. The number of aryl methyl sites for hydroxylation is 2. The van der Waals surface area contributed by atoms with Crippen LogP contribution in [0.4, 0.5) is 8.78 Å². The van der Waals surface area contributed by atoms with E-state index in [1.165, 1.54) is 28.8 Å². The Balaban J connectivity index is 1.69. The van der Waals surface area contributed by atoms with E-state index < -0.39 is 17.3 Å². The van der Waals surface area contributed by atoms with E-state index in [1.807, 2.05) is 16.2 Å². The van der Waals surface area contributed by atoms with Crippen molar-refractivity contribution < 1.29 is 8.78 Å². The smallest absolute Gasteiger partial charge is 0.348 e. The average Bonchev–Trinajstić information content (AvgIpc) is 3.44. The number of nitrogens with two attached hydrogens (primary N) is 2. The Hall–Kier alpha value is -4.41. The highest BCUT2D eigenvalue weighted by Crippen LogP contribution is 2.32. The van der Waals surface area contributed by atoms with Crippen molar-refractivity contribution in [1.82, 2.24) is 23.9 Å². The summed E-state index contributed by atoms with van der Waals surface area (Å²) in [5.41, 5.74) is 12.8. The quantitative estimate of drug-likeness (QED) is 0.203. The predicted molar refractivity (Wildman–Crippen MR) is 127 cm³/mol. The minimum atomic E-state index is -0.493. The fraction of sp³-hybridized carbons (Fsp3) is 0.174. The van der Waals surface area contributed by atoms with Gasteiger partial charge in [0.2, 0.25) is 0 Å². The second-order valence-electron chi connectivity index (χ2n) is 8.03. The molecule has 0 aliphatic heterocycles. The average molecular weight is 464 g/mol. The zero-order valence-corrected chi connectivity index (χ0v) is 18.3. The first-order valence-electron chi connectivity index (χ1n) is 10.6. The van der Waals surface area contributed by atoms with Crippen LogP contribution >= 0.6 is 0 Å². The van der Waals surface area contributed by atoms with Gasteiger partial charge in [-0.05, 0) is 42.8 Å². The first-order chi connectivity index (χ1) is 16.3. The molecule has 0 fully saturated rings. The number of rotatable bonds is 6. The summed E-state index contributed by atoms with van der Waals surface area (Å²) in [5.74, 6) is -0.521. The molecule has 0 aliphatic rings. The number of hydrogen-bond acceptors (Lipinski definition) is 3. The van der Waals surface area contributed by atoms with Crippen molar-refractivity contribution in [2.45, 2.75) is 13.0 Å². The number of benzene rings is 2. The van der Waals surface area contributed by atoms with E-state index in [0.29, 0.717) is 47.4 Å². The van der Waals surface area contributed by atoms with Crippen molar-refractivity contribution in [2.75, 3.05) is 6.54 Å². The third-order valence-corrected chi connectivity index (χ3v) is 5.78. The summed E-state index contributed by atoms with van der Waals surface area (Å²) in [4.78, 5) is 16.9. The third-order valence-electron chi connectivity index (χ3n) is 5.78. The molecule has 5 N–H and O–H groups in total. The SMILES string of the molecule is Cn1cc(-c2n[nH]c(=O)n2-c2cn(CCCN=C(N)N)c3ccc(F)cc23)c2cc(F)ccc21. The van der Waals surface area contributed by atoms with E-state index >= 15 is 0 Å². The Morgan fingerprint density at radius 3 is 2.50 bits per heavy atom. The first-order valence-corrected chi connectivity index (χ1v) is 10.6. The summed E-state index contributed by atoms with van der Waals surface area (Å²) in [6.07, 6.45) is 4.19. The number of aliphatic imine (C=N–C) groups is 1. The molecule has 0 saturated heterocycles. The Labute approximate surface area is 191 Å². The van der Waals surface area contributed by atoms with Gasteiger partial charge in [0.1, 0.15) is 11.6 Å². The number of nitrogens with one attached hydrogen (secondary N) is 1. The Morgan fingerprint density at radius 1 is 1.06 bits per heavy atom. The fourth-order valence-electron chi connectivity index (χ4n) is 4.31. The van der Waals surface area contributed by atoms with Gasteiger partial charge in [0, 0.05) is 54.4 Å². The van der Waals surface area contributed by atoms with Crippen molar-refractivity contribution in [3.8, 4) is 17.1 Å². The molecule has 0 spiro atoms. The molecule has 0 bridgehead atoms. The number of aromatic amines is 1. The monoisotopic (exact) mass is 464 g/mol. The van der Waals surface area contributed by atoms with Gasteiger partial charge in [0.25, 0.3) is 0 Å². The summed E-state index contributed by atoms with van der Waals surface area (Å²) in [7, 11) is 1.83. The molecule has 3 heterocycles. The lowest BCUT2D eigenvalue weighted by Crippen LogP contribution is -2.23. The van der Waals surface area contributed by atoms with Gasteiger partial charge >= 0.3 is 5.69 Å². The van der Waals surface area contributed by atoms with Crippen molar-refractivity contribution >= 4 is 27.8 Å². The molecule has 174 valence electrons. The lowest BCUT2D eigenvalue weighted by atomic mass is 10.1. The predicted octanol–water partition coefficient (Wildman–Crippen LogP) is 2.62. The van der Waals surface area contributed by atoms with E-state index in [1.54, 1.807) is 24.5 Å². The van der Waals surface area contributed by atoms with Crippen LogP contribution in [0.2, 0.25) is 0 Å². The third kappa shape index (κ3) is 3.60. The number of nitrogens with zero attached hydrogens (tertiary/aromatic N) is 5. The zero-order valence-electron chi connectivity index (χ0n) is 18.3. The molecule has 0 aliphatic carbocycles. The molecule has 0 amide bonds. The summed E-state index contributed by atoms with van der Waals surface area (Å²) in [5, 5.41) is 7.86. The number of fused-ring (bicyclic) bond motifs is 2. The minimum absolute atomic E-state index is 0.0150. The lowest BCUT2D eigenvalue weighted by Gasteiger charge is -2.04. The molecule has 0 atom stereocenters. The second kappa shape index (κ2) is 8.18. The van der Waals surface area contributed by atoms with E-state index in [-0.39, 0.29) is 5.96 Å². The van der Waals surface area contributed by atoms with Crippen LogP contribution in [-0.4, -0.2) is 36.4 Å². The van der Waals surface area contributed by atoms with E-state index in [9.17, 15) is 13.6 Å². The van der Waals surface area contributed by atoms with Gasteiger partial charge < -0.3 is 20.6 Å². The van der Waals surface area contributed by atoms with E-state index in [2.05, 4.69) is 15.2 Å². The maximum Gasteiger partial charge on any atom is 0.348 e. The van der Waals surface area contributed by atoms with Crippen LogP contribution in [0.3, 0.4) is 0 Å². The number of aromatic nitrogens is 5. The molecular formula is C23H22F2N8O. The number of hydrogen-bond donors (Lipinski definition) is 3. The lowest BCUT2D eigenvalue weighted by molar-refractivity contribution is 0.628. The highest BCUT2D eigenvalue weighted by molar-refractivity contribution is 5.96. The number of H-pyrrole nitrogens is 1. The Morgan fingerprint density at radius 2 is 1.76 bits per heavy atom. The molecule has 0 radical (unpaired) electrons. The minimum Gasteiger partial charge on any atom is -0.370 e. The zero-order chi connectivity index (χ0) is 24.0. The van der Waals surface area contributed by atoms with Gasteiger partial charge in [-0.15, -0.1) is 0 Å². The van der Waals surface area contributed by atoms with Gasteiger partial charge in [0.15, 0.2) is 11.8 Å². The van der Waals surface area contributed by atoms with Crippen LogP contribution < -0.4 is 17.2 Å². The van der Waals surface area contributed by atoms with Crippen LogP contribution in [0.25, 0.3) is 38.9 Å². The molecule has 5 aromatic rings. The fourth-order valence-corrected chi connectivity index (χ4v) is 4.31. The Kier molecular flexibility index (Phi) is 5.16. The molecule has 34 heavy (non-hydrogen) atoms. The van der Waals surface area contributed by atoms with Crippen molar-refractivity contribution in [2.24, 2.45) is 23.5 Å². The van der Waals surface area contributed by atoms with Crippen molar-refractivity contribution in [1.29, 1.82) is 0 Å².